The van der Waals surface area contributed by atoms with E-state index >= 15 is 0 Å². The number of rotatable bonds is 2. The van der Waals surface area contributed by atoms with Crippen LogP contribution in [0.2, 0.25) is 0 Å². The molecule has 0 spiro atoms. The number of hydrogen-bond acceptors (Lipinski definition) is 2. The number of hydrogen-bond donors (Lipinski definition) is 0. The molecule has 0 unspecified atom stereocenters. The molecule has 0 aliphatic rings. The Morgan fingerprint density at radius 3 is 2.69 bits per heavy atom. The van der Waals surface area contributed by atoms with Gasteiger partial charge < -0.3 is 5.53 Å². The second kappa shape index (κ2) is 3.51. The number of benzene rings is 1. The lowest BCUT2D eigenvalue weighted by atomic mass is 10.2. The monoisotopic (exact) mass is 196 g/mol. The van der Waals surface area contributed by atoms with E-state index in [9.17, 15) is 8.42 Å². The van der Waals surface area contributed by atoms with Crippen LogP contribution < -0.4 is 0 Å². The Bertz CT molecular complexity index is 459. The smallest absolute Gasteiger partial charge is 0.361 e. The molecule has 1 aromatic rings. The predicted molar refractivity (Wildman–Crippen MR) is 48.0 cm³/mol. The van der Waals surface area contributed by atoms with Gasteiger partial charge in [0.2, 0.25) is 0 Å². The van der Waals surface area contributed by atoms with E-state index in [1.165, 1.54) is 12.1 Å². The highest BCUT2D eigenvalue weighted by Gasteiger charge is 2.15. The Hall–Kier alpha value is -1.45. The first kappa shape index (κ1) is 9.64. The van der Waals surface area contributed by atoms with Crippen molar-refractivity contribution >= 4 is 15.4 Å². The summed E-state index contributed by atoms with van der Waals surface area (Å²) >= 11 is 0. The first-order chi connectivity index (χ1) is 6.06. The molecule has 68 valence electrons. The third kappa shape index (κ3) is 2.24. The summed E-state index contributed by atoms with van der Waals surface area (Å²) in [5, 5.41) is 0. The fourth-order valence-electron chi connectivity index (χ4n) is 0.915. The largest absolute Gasteiger partial charge is 0.374 e. The second-order valence-corrected chi connectivity index (χ2v) is 4.35. The van der Waals surface area contributed by atoms with E-state index in [1.54, 1.807) is 19.1 Å². The van der Waals surface area contributed by atoms with Crippen LogP contribution in [0.15, 0.2) is 29.2 Å². The molecule has 1 rings (SSSR count). The van der Waals surface area contributed by atoms with Gasteiger partial charge in [-0.2, -0.15) is 4.79 Å². The summed E-state index contributed by atoms with van der Waals surface area (Å²) in [6.45, 7) is 1.79. The fourth-order valence-corrected chi connectivity index (χ4v) is 1.78. The van der Waals surface area contributed by atoms with Crippen LogP contribution in [0, 0.1) is 6.92 Å². The summed E-state index contributed by atoms with van der Waals surface area (Å²) in [6, 6.07) is 6.38. The molecule has 0 aliphatic carbocycles. The fraction of sp³-hybridized carbons (Fsp3) is 0.125. The van der Waals surface area contributed by atoms with Crippen LogP contribution in [-0.2, 0) is 9.84 Å². The highest BCUT2D eigenvalue weighted by atomic mass is 32.2. The van der Waals surface area contributed by atoms with Crippen molar-refractivity contribution in [3.8, 4) is 0 Å². The normalized spacial score (nSPS) is 10.5. The lowest BCUT2D eigenvalue weighted by molar-refractivity contribution is 0.00754. The third-order valence-electron chi connectivity index (χ3n) is 1.50. The maximum Gasteiger partial charge on any atom is 0.374 e. The Morgan fingerprint density at radius 1 is 1.46 bits per heavy atom. The van der Waals surface area contributed by atoms with Crippen LogP contribution in [0.1, 0.15) is 5.56 Å². The van der Waals surface area contributed by atoms with Gasteiger partial charge in [-0.1, -0.05) is 12.1 Å². The van der Waals surface area contributed by atoms with Crippen LogP contribution in [0.3, 0.4) is 0 Å². The molecule has 0 N–H and O–H groups in total. The molecule has 0 fully saturated rings. The molecule has 0 radical (unpaired) electrons. The molecule has 5 heteroatoms. The average molecular weight is 196 g/mol. The summed E-state index contributed by atoms with van der Waals surface area (Å²) in [7, 11) is -3.57. The van der Waals surface area contributed by atoms with Crippen molar-refractivity contribution in [1.82, 2.24) is 0 Å². The summed E-state index contributed by atoms with van der Waals surface area (Å²) in [4.78, 5) is 2.63. The van der Waals surface area contributed by atoms with Crippen molar-refractivity contribution in [2.75, 3.05) is 0 Å². The zero-order valence-corrected chi connectivity index (χ0v) is 7.82. The van der Waals surface area contributed by atoms with Gasteiger partial charge >= 0.3 is 5.55 Å². The molecular weight excluding hydrogens is 188 g/mol. The molecule has 0 saturated carbocycles. The Labute approximate surface area is 76.4 Å². The molecule has 0 heterocycles. The minimum Gasteiger partial charge on any atom is -0.361 e. The van der Waals surface area contributed by atoms with E-state index in [-0.39, 0.29) is 4.90 Å². The van der Waals surface area contributed by atoms with E-state index in [4.69, 9.17) is 5.53 Å². The van der Waals surface area contributed by atoms with Crippen molar-refractivity contribution < 1.29 is 13.2 Å². The highest BCUT2D eigenvalue weighted by molar-refractivity contribution is 8.04. The first-order valence-electron chi connectivity index (χ1n) is 3.55. The zero-order valence-electron chi connectivity index (χ0n) is 7.01. The quantitative estimate of drug-likeness (QED) is 0.307. The second-order valence-electron chi connectivity index (χ2n) is 2.58. The average Bonchev–Trinajstić information content (AvgIpc) is 2.04. The standard InChI is InChI=1S/C8H8N2O2S/c1-7-3-2-4-8(5-7)13(11,12)6-10-9/h2-6H,1H3. The third-order valence-corrected chi connectivity index (χ3v) is 2.79. The van der Waals surface area contributed by atoms with Crippen molar-refractivity contribution in [2.45, 2.75) is 11.8 Å². The minimum atomic E-state index is -3.57. The van der Waals surface area contributed by atoms with E-state index in [1.807, 2.05) is 0 Å². The van der Waals surface area contributed by atoms with Crippen molar-refractivity contribution in [3.63, 3.8) is 0 Å². The lowest BCUT2D eigenvalue weighted by Gasteiger charge is -1.95. The van der Waals surface area contributed by atoms with Gasteiger partial charge in [0.25, 0.3) is 9.84 Å². The van der Waals surface area contributed by atoms with Gasteiger partial charge in [0.15, 0.2) is 0 Å². The molecule has 13 heavy (non-hydrogen) atoms. The summed E-state index contributed by atoms with van der Waals surface area (Å²) in [5.41, 5.74) is 9.48. The molecule has 4 nitrogen and oxygen atoms in total. The Kier molecular flexibility index (Phi) is 2.60. The summed E-state index contributed by atoms with van der Waals surface area (Å²) in [6.07, 6.45) is 0. The predicted octanol–water partition coefficient (Wildman–Crippen LogP) is 1.03. The number of sulfone groups is 1. The molecule has 0 atom stereocenters. The Balaban J connectivity index is 3.31. The maximum absolute atomic E-state index is 11.3. The molecular formula is C8H8N2O2S. The van der Waals surface area contributed by atoms with Gasteiger partial charge in [0, 0.05) is 0 Å². The van der Waals surface area contributed by atoms with Crippen LogP contribution in [0.4, 0.5) is 0 Å². The Morgan fingerprint density at radius 2 is 2.15 bits per heavy atom. The van der Waals surface area contributed by atoms with E-state index < -0.39 is 9.84 Å². The maximum atomic E-state index is 11.3. The van der Waals surface area contributed by atoms with Gasteiger partial charge in [0.05, 0.1) is 4.90 Å². The van der Waals surface area contributed by atoms with E-state index in [2.05, 4.69) is 4.79 Å². The number of aryl methyl sites for hydroxylation is 1. The molecule has 1 aromatic carbocycles. The summed E-state index contributed by atoms with van der Waals surface area (Å²) in [5.74, 6) is 0. The topological polar surface area (TPSA) is 70.5 Å². The van der Waals surface area contributed by atoms with Crippen molar-refractivity contribution in [1.29, 1.82) is 0 Å². The van der Waals surface area contributed by atoms with Crippen LogP contribution >= 0.6 is 0 Å². The van der Waals surface area contributed by atoms with Crippen LogP contribution in [0.5, 0.6) is 0 Å². The van der Waals surface area contributed by atoms with Gasteiger partial charge in [-0.05, 0) is 24.6 Å². The first-order valence-corrected chi connectivity index (χ1v) is 5.10. The molecule has 0 bridgehead atoms. The van der Waals surface area contributed by atoms with Crippen molar-refractivity contribution in [3.05, 3.63) is 35.4 Å². The lowest BCUT2D eigenvalue weighted by Crippen LogP contribution is -2.02. The van der Waals surface area contributed by atoms with Crippen molar-refractivity contribution in [2.24, 2.45) is 0 Å². The zero-order chi connectivity index (χ0) is 9.90. The van der Waals surface area contributed by atoms with E-state index in [0.29, 0.717) is 5.55 Å². The molecule has 0 amide bonds. The minimum absolute atomic E-state index is 0.130. The van der Waals surface area contributed by atoms with Gasteiger partial charge in [0.1, 0.15) is 0 Å². The van der Waals surface area contributed by atoms with E-state index in [0.717, 1.165) is 5.56 Å². The molecule has 0 aliphatic heterocycles. The summed E-state index contributed by atoms with van der Waals surface area (Å²) < 4.78 is 22.6. The van der Waals surface area contributed by atoms with Crippen LogP contribution in [0.25, 0.3) is 5.53 Å². The van der Waals surface area contributed by atoms with Gasteiger partial charge in [-0.15, -0.1) is 0 Å². The molecule has 0 saturated heterocycles. The number of nitrogens with zero attached hydrogens (tertiary/aromatic N) is 2. The van der Waals surface area contributed by atoms with Gasteiger partial charge in [-0.3, -0.25) is 0 Å². The van der Waals surface area contributed by atoms with Gasteiger partial charge in [-0.25, -0.2) is 8.42 Å². The van der Waals surface area contributed by atoms with Crippen LogP contribution in [-0.4, -0.2) is 18.8 Å². The SMILES string of the molecule is Cc1cccc(S(=O)(=O)C=[N+]=[N-])c1. The molecule has 0 aromatic heterocycles. The highest BCUT2D eigenvalue weighted by Crippen LogP contribution is 2.10.